The number of halogens is 2. The SMILES string of the molecule is COc1ccc(C(=O)OCC(=O)Nc2ccc(Cl)cc2F)cc1S(=O)(=O)N1CCCCCC1. The Morgan fingerprint density at radius 3 is 2.42 bits per heavy atom. The molecule has 11 heteroatoms. The van der Waals surface area contributed by atoms with Gasteiger partial charge in [-0.1, -0.05) is 24.4 Å². The minimum absolute atomic E-state index is 0.0605. The predicted octanol–water partition coefficient (Wildman–Crippen LogP) is 3.85. The highest BCUT2D eigenvalue weighted by Crippen LogP contribution is 2.29. The molecule has 0 aromatic heterocycles. The Morgan fingerprint density at radius 2 is 1.79 bits per heavy atom. The van der Waals surface area contributed by atoms with Crippen LogP contribution in [0, 0.1) is 5.82 Å². The number of sulfonamides is 1. The molecule has 2 aromatic rings. The molecule has 33 heavy (non-hydrogen) atoms. The van der Waals surface area contributed by atoms with Crippen LogP contribution in [0.4, 0.5) is 10.1 Å². The molecule has 1 aliphatic heterocycles. The van der Waals surface area contributed by atoms with Crippen LogP contribution in [0.15, 0.2) is 41.3 Å². The van der Waals surface area contributed by atoms with Gasteiger partial charge in [0.15, 0.2) is 6.61 Å². The van der Waals surface area contributed by atoms with Crippen LogP contribution < -0.4 is 10.1 Å². The maximum atomic E-state index is 13.8. The molecule has 178 valence electrons. The van der Waals surface area contributed by atoms with E-state index in [1.807, 2.05) is 0 Å². The van der Waals surface area contributed by atoms with E-state index in [1.54, 1.807) is 0 Å². The average molecular weight is 499 g/mol. The first-order valence-corrected chi connectivity index (χ1v) is 12.1. The van der Waals surface area contributed by atoms with Gasteiger partial charge in [0.05, 0.1) is 18.4 Å². The van der Waals surface area contributed by atoms with Gasteiger partial charge in [0.2, 0.25) is 10.0 Å². The first-order valence-electron chi connectivity index (χ1n) is 10.3. The topological polar surface area (TPSA) is 102 Å². The van der Waals surface area contributed by atoms with Crippen molar-refractivity contribution in [3.63, 3.8) is 0 Å². The zero-order valence-corrected chi connectivity index (χ0v) is 19.5. The van der Waals surface area contributed by atoms with Crippen molar-refractivity contribution in [1.82, 2.24) is 4.31 Å². The van der Waals surface area contributed by atoms with Crippen LogP contribution in [0.25, 0.3) is 0 Å². The van der Waals surface area contributed by atoms with E-state index in [1.165, 1.54) is 41.7 Å². The van der Waals surface area contributed by atoms with Crippen LogP contribution in [0.3, 0.4) is 0 Å². The third-order valence-corrected chi connectivity index (χ3v) is 7.28. The molecule has 0 aliphatic carbocycles. The second kappa shape index (κ2) is 11.0. The van der Waals surface area contributed by atoms with Crippen molar-refractivity contribution < 1.29 is 31.9 Å². The molecule has 0 bridgehead atoms. The van der Waals surface area contributed by atoms with Crippen molar-refractivity contribution in [1.29, 1.82) is 0 Å². The predicted molar refractivity (Wildman–Crippen MR) is 121 cm³/mol. The molecule has 8 nitrogen and oxygen atoms in total. The summed E-state index contributed by atoms with van der Waals surface area (Å²) in [6, 6.07) is 7.60. The molecule has 0 saturated carbocycles. The fraction of sp³-hybridized carbons (Fsp3) is 0.364. The summed E-state index contributed by atoms with van der Waals surface area (Å²) >= 11 is 5.67. The molecule has 0 radical (unpaired) electrons. The summed E-state index contributed by atoms with van der Waals surface area (Å²) in [4.78, 5) is 24.4. The van der Waals surface area contributed by atoms with E-state index in [-0.39, 0.29) is 26.9 Å². The van der Waals surface area contributed by atoms with E-state index in [2.05, 4.69) is 5.32 Å². The van der Waals surface area contributed by atoms with Crippen LogP contribution in [-0.2, 0) is 19.6 Å². The monoisotopic (exact) mass is 498 g/mol. The fourth-order valence-corrected chi connectivity index (χ4v) is 5.28. The summed E-state index contributed by atoms with van der Waals surface area (Å²) < 4.78 is 51.8. The molecule has 1 N–H and O–H groups in total. The second-order valence-electron chi connectivity index (χ2n) is 7.43. The number of carbonyl (C=O) groups is 2. The standard InChI is InChI=1S/C22H24ClFN2O6S/c1-31-19-9-6-15(12-20(19)33(29,30)26-10-4-2-3-5-11-26)22(28)32-14-21(27)25-18-8-7-16(23)13-17(18)24/h6-9,12-13H,2-5,10-11,14H2,1H3,(H,25,27). The maximum Gasteiger partial charge on any atom is 0.338 e. The minimum atomic E-state index is -3.90. The largest absolute Gasteiger partial charge is 0.495 e. The van der Waals surface area contributed by atoms with E-state index < -0.39 is 34.3 Å². The Hall–Kier alpha value is -2.69. The summed E-state index contributed by atoms with van der Waals surface area (Å²) in [6.07, 6.45) is 3.42. The molecule has 0 atom stereocenters. The number of methoxy groups -OCH3 is 1. The minimum Gasteiger partial charge on any atom is -0.495 e. The summed E-state index contributed by atoms with van der Waals surface area (Å²) in [7, 11) is -2.55. The molecule has 1 heterocycles. The Balaban J connectivity index is 1.72. The molecular formula is C22H24ClFN2O6S. The quantitative estimate of drug-likeness (QED) is 0.582. The van der Waals surface area contributed by atoms with Crippen LogP contribution in [0.1, 0.15) is 36.0 Å². The van der Waals surface area contributed by atoms with E-state index >= 15 is 0 Å². The van der Waals surface area contributed by atoms with Gasteiger partial charge in [0.25, 0.3) is 5.91 Å². The van der Waals surface area contributed by atoms with Crippen molar-refractivity contribution in [3.05, 3.63) is 52.8 Å². The first-order chi connectivity index (χ1) is 15.7. The summed E-state index contributed by atoms with van der Waals surface area (Å²) in [5.74, 6) is -2.31. The van der Waals surface area contributed by atoms with Crippen LogP contribution >= 0.6 is 11.6 Å². The van der Waals surface area contributed by atoms with Crippen molar-refractivity contribution in [2.75, 3.05) is 32.1 Å². The molecule has 0 unspecified atom stereocenters. The van der Waals surface area contributed by atoms with Crippen LogP contribution in [0.2, 0.25) is 5.02 Å². The highest BCUT2D eigenvalue weighted by molar-refractivity contribution is 7.89. The molecular weight excluding hydrogens is 475 g/mol. The Labute approximate surface area is 196 Å². The van der Waals surface area contributed by atoms with Crippen molar-refractivity contribution in [2.45, 2.75) is 30.6 Å². The maximum absolute atomic E-state index is 13.8. The number of ether oxygens (including phenoxy) is 2. The molecule has 1 saturated heterocycles. The highest BCUT2D eigenvalue weighted by Gasteiger charge is 2.29. The summed E-state index contributed by atoms with van der Waals surface area (Å²) in [5.41, 5.74) is -0.176. The zero-order valence-electron chi connectivity index (χ0n) is 18.0. The van der Waals surface area contributed by atoms with Crippen LogP contribution in [0.5, 0.6) is 5.75 Å². The van der Waals surface area contributed by atoms with Crippen molar-refractivity contribution in [2.24, 2.45) is 0 Å². The summed E-state index contributed by atoms with van der Waals surface area (Å²) in [6.45, 7) is 0.0876. The van der Waals surface area contributed by atoms with Gasteiger partial charge in [-0.25, -0.2) is 17.6 Å². The van der Waals surface area contributed by atoms with Gasteiger partial charge in [0.1, 0.15) is 16.5 Å². The number of amides is 1. The number of nitrogens with zero attached hydrogens (tertiary/aromatic N) is 1. The van der Waals surface area contributed by atoms with Gasteiger partial charge >= 0.3 is 5.97 Å². The summed E-state index contributed by atoms with van der Waals surface area (Å²) in [5, 5.41) is 2.44. The van der Waals surface area contributed by atoms with E-state index in [9.17, 15) is 22.4 Å². The van der Waals surface area contributed by atoms with Gasteiger partial charge < -0.3 is 14.8 Å². The van der Waals surface area contributed by atoms with Gasteiger partial charge in [0, 0.05) is 18.1 Å². The number of rotatable bonds is 7. The van der Waals surface area contributed by atoms with E-state index in [4.69, 9.17) is 21.1 Å². The smallest absolute Gasteiger partial charge is 0.338 e. The van der Waals surface area contributed by atoms with E-state index in [0.717, 1.165) is 31.7 Å². The number of hydrogen-bond acceptors (Lipinski definition) is 6. The number of nitrogens with one attached hydrogen (secondary N) is 1. The number of anilines is 1. The third-order valence-electron chi connectivity index (χ3n) is 5.12. The van der Waals surface area contributed by atoms with Gasteiger partial charge in [-0.3, -0.25) is 4.79 Å². The first kappa shape index (κ1) is 24.9. The number of esters is 1. The normalized spacial score (nSPS) is 14.9. The van der Waals surface area contributed by atoms with Gasteiger partial charge in [-0.05, 0) is 49.2 Å². The lowest BCUT2D eigenvalue weighted by molar-refractivity contribution is -0.119. The Bertz CT molecular complexity index is 1130. The molecule has 1 amide bonds. The zero-order chi connectivity index (χ0) is 24.0. The molecule has 1 aliphatic rings. The Morgan fingerprint density at radius 1 is 1.09 bits per heavy atom. The molecule has 0 spiro atoms. The number of hydrogen-bond donors (Lipinski definition) is 1. The lowest BCUT2D eigenvalue weighted by atomic mass is 10.2. The third kappa shape index (κ3) is 6.21. The molecule has 2 aromatic carbocycles. The van der Waals surface area contributed by atoms with Gasteiger partial charge in [-0.2, -0.15) is 4.31 Å². The van der Waals surface area contributed by atoms with E-state index in [0.29, 0.717) is 13.1 Å². The lowest BCUT2D eigenvalue weighted by Gasteiger charge is -2.21. The number of benzene rings is 2. The Kier molecular flexibility index (Phi) is 8.28. The lowest BCUT2D eigenvalue weighted by Crippen LogP contribution is -2.32. The van der Waals surface area contributed by atoms with Crippen LogP contribution in [-0.4, -0.2) is 51.4 Å². The fourth-order valence-electron chi connectivity index (χ4n) is 3.42. The van der Waals surface area contributed by atoms with Gasteiger partial charge in [-0.15, -0.1) is 0 Å². The highest BCUT2D eigenvalue weighted by atomic mass is 35.5. The number of carbonyl (C=O) groups excluding carboxylic acids is 2. The average Bonchev–Trinajstić information content (AvgIpc) is 3.09. The molecule has 3 rings (SSSR count). The van der Waals surface area contributed by atoms with Crippen molar-refractivity contribution in [3.8, 4) is 5.75 Å². The van der Waals surface area contributed by atoms with Crippen molar-refractivity contribution >= 4 is 39.2 Å². The molecule has 1 fully saturated rings. The second-order valence-corrected chi connectivity index (χ2v) is 9.78.